The van der Waals surface area contributed by atoms with E-state index in [1.54, 1.807) is 50.8 Å². The second-order valence-corrected chi connectivity index (χ2v) is 13.9. The predicted octanol–water partition coefficient (Wildman–Crippen LogP) is 6.13. The molecule has 2 amide bonds. The van der Waals surface area contributed by atoms with E-state index in [0.717, 1.165) is 6.07 Å². The lowest BCUT2D eigenvalue weighted by atomic mass is 9.96. The molecule has 2 aromatic carbocycles. The van der Waals surface area contributed by atoms with Gasteiger partial charge in [-0.15, -0.1) is 0 Å². The maximum Gasteiger partial charge on any atom is 0.410 e. The molecule has 260 valence electrons. The number of ether oxygens (including phenoxy) is 2. The van der Waals surface area contributed by atoms with E-state index in [9.17, 15) is 19.6 Å². The van der Waals surface area contributed by atoms with Gasteiger partial charge < -0.3 is 24.2 Å². The Balaban J connectivity index is 1.71. The first-order valence-electron chi connectivity index (χ1n) is 16.3. The Morgan fingerprint density at radius 2 is 1.74 bits per heavy atom. The summed E-state index contributed by atoms with van der Waals surface area (Å²) >= 11 is 0. The van der Waals surface area contributed by atoms with Crippen molar-refractivity contribution in [1.82, 2.24) is 14.5 Å². The largest absolute Gasteiger partial charge is 0.496 e. The summed E-state index contributed by atoms with van der Waals surface area (Å²) in [7, 11) is 2.78. The van der Waals surface area contributed by atoms with Crippen molar-refractivity contribution in [1.29, 1.82) is 5.26 Å². The minimum atomic E-state index is -0.943. The number of carbonyl (C=O) groups is 2. The Morgan fingerprint density at radius 1 is 1.04 bits per heavy atom. The van der Waals surface area contributed by atoms with E-state index < -0.39 is 52.6 Å². The number of amides is 2. The molecule has 1 fully saturated rings. The van der Waals surface area contributed by atoms with Gasteiger partial charge in [-0.1, -0.05) is 32.0 Å². The number of rotatable bonds is 4. The third-order valence-corrected chi connectivity index (χ3v) is 9.12. The van der Waals surface area contributed by atoms with Crippen LogP contribution in [0, 0.1) is 23.0 Å². The number of para-hydroxylation sites is 1. The van der Waals surface area contributed by atoms with Crippen LogP contribution in [0.5, 0.6) is 5.75 Å². The summed E-state index contributed by atoms with van der Waals surface area (Å²) in [5.41, 5.74) is -0.953. The third kappa shape index (κ3) is 5.48. The van der Waals surface area contributed by atoms with Crippen LogP contribution in [0.4, 0.5) is 25.0 Å². The second-order valence-electron chi connectivity index (χ2n) is 13.9. The topological polar surface area (TPSA) is 121 Å². The molecule has 2 unspecified atom stereocenters. The zero-order valence-corrected chi connectivity index (χ0v) is 29.2. The number of piperazine rings is 1. The lowest BCUT2D eigenvalue weighted by molar-refractivity contribution is -0.121. The second kappa shape index (κ2) is 12.4. The highest BCUT2D eigenvalue weighted by Crippen LogP contribution is 2.44. The van der Waals surface area contributed by atoms with Crippen LogP contribution in [0.3, 0.4) is 0 Å². The molecule has 0 spiro atoms. The molecular formula is C37H38F2N6O5. The number of hydrogen-bond acceptors (Lipinski definition) is 8. The van der Waals surface area contributed by atoms with Gasteiger partial charge in [0.2, 0.25) is 0 Å². The number of benzene rings is 2. The van der Waals surface area contributed by atoms with E-state index in [4.69, 9.17) is 9.47 Å². The van der Waals surface area contributed by atoms with Crippen LogP contribution in [0.15, 0.2) is 47.3 Å². The lowest BCUT2D eigenvalue weighted by Gasteiger charge is -2.49. The highest BCUT2D eigenvalue weighted by molar-refractivity contribution is 6.12. The van der Waals surface area contributed by atoms with E-state index >= 15 is 8.78 Å². The minimum absolute atomic E-state index is 0.0281. The first-order chi connectivity index (χ1) is 23.6. The third-order valence-electron chi connectivity index (χ3n) is 9.12. The van der Waals surface area contributed by atoms with Gasteiger partial charge in [0.1, 0.15) is 40.7 Å². The van der Waals surface area contributed by atoms with E-state index in [1.165, 1.54) is 46.7 Å². The van der Waals surface area contributed by atoms with Crippen molar-refractivity contribution in [3.8, 4) is 28.8 Å². The molecule has 0 saturated carbocycles. The molecule has 50 heavy (non-hydrogen) atoms. The van der Waals surface area contributed by atoms with Crippen molar-refractivity contribution < 1.29 is 27.8 Å². The Hall–Kier alpha value is -5.51. The number of aromatic nitrogens is 2. The molecule has 2 aliphatic rings. The maximum absolute atomic E-state index is 16.5. The van der Waals surface area contributed by atoms with Crippen molar-refractivity contribution in [2.45, 2.75) is 65.1 Å². The summed E-state index contributed by atoms with van der Waals surface area (Å²) in [6.45, 7) is 10.9. The summed E-state index contributed by atoms with van der Waals surface area (Å²) in [5.74, 6) is -2.30. The Bertz CT molecular complexity index is 2170. The van der Waals surface area contributed by atoms with Crippen molar-refractivity contribution in [2.24, 2.45) is 0 Å². The van der Waals surface area contributed by atoms with Crippen molar-refractivity contribution in [2.75, 3.05) is 37.0 Å². The molecule has 11 nitrogen and oxygen atoms in total. The average Bonchev–Trinajstić information content (AvgIpc) is 3.05. The predicted molar refractivity (Wildman–Crippen MR) is 185 cm³/mol. The van der Waals surface area contributed by atoms with Crippen molar-refractivity contribution >= 4 is 34.4 Å². The zero-order chi connectivity index (χ0) is 36.4. The summed E-state index contributed by atoms with van der Waals surface area (Å²) in [4.78, 5) is 51.3. The van der Waals surface area contributed by atoms with Crippen LogP contribution >= 0.6 is 0 Å². The quantitative estimate of drug-likeness (QED) is 0.252. The normalized spacial score (nSPS) is 17.5. The molecule has 0 bridgehead atoms. The number of likely N-dealkylation sites (N-methyl/N-ethyl adjacent to an activating group) is 1. The molecule has 6 rings (SSSR count). The maximum atomic E-state index is 16.5. The first kappa shape index (κ1) is 34.4. The first-order valence-corrected chi connectivity index (χ1v) is 16.3. The van der Waals surface area contributed by atoms with E-state index in [-0.39, 0.29) is 64.0 Å². The number of nitrogens with zero attached hydrogens (tertiary/aromatic N) is 6. The van der Waals surface area contributed by atoms with E-state index in [2.05, 4.69) is 11.1 Å². The molecular weight excluding hydrogens is 646 g/mol. The molecule has 2 aromatic heterocycles. The van der Waals surface area contributed by atoms with Gasteiger partial charge in [-0.05, 0) is 63.4 Å². The van der Waals surface area contributed by atoms with Crippen molar-refractivity contribution in [3.05, 3.63) is 75.6 Å². The van der Waals surface area contributed by atoms with Gasteiger partial charge >= 0.3 is 6.09 Å². The average molecular weight is 685 g/mol. The van der Waals surface area contributed by atoms with Gasteiger partial charge in [0.25, 0.3) is 11.5 Å². The fraction of sp³-hybridized carbons (Fsp3) is 0.378. The SMILES string of the molecule is COc1cccc(F)c1-c1nc2c(cc1F)c1c(c(=O)n2-c2c(C#N)cccc2C(C)C)N(C)C(=O)C2CN(C(=O)OC(C)(C)C)C(C)CN12. The number of pyridine rings is 2. The molecule has 2 aliphatic heterocycles. The van der Waals surface area contributed by atoms with Crippen LogP contribution in [-0.4, -0.2) is 71.4 Å². The monoisotopic (exact) mass is 684 g/mol. The minimum Gasteiger partial charge on any atom is -0.496 e. The van der Waals surface area contributed by atoms with Crippen molar-refractivity contribution in [3.63, 3.8) is 0 Å². The van der Waals surface area contributed by atoms with Gasteiger partial charge in [0, 0.05) is 25.0 Å². The number of nitriles is 1. The van der Waals surface area contributed by atoms with Crippen LogP contribution < -0.4 is 20.1 Å². The van der Waals surface area contributed by atoms with Gasteiger partial charge in [-0.25, -0.2) is 18.6 Å². The highest BCUT2D eigenvalue weighted by Gasteiger charge is 2.47. The summed E-state index contributed by atoms with van der Waals surface area (Å²) < 4.78 is 44.1. The molecule has 2 atom stereocenters. The Morgan fingerprint density at radius 3 is 2.38 bits per heavy atom. The molecule has 4 aromatic rings. The van der Waals surface area contributed by atoms with Gasteiger partial charge in [0.15, 0.2) is 11.5 Å². The summed E-state index contributed by atoms with van der Waals surface area (Å²) in [5, 5.41) is 10.4. The molecule has 1 saturated heterocycles. The molecule has 0 radical (unpaired) electrons. The number of anilines is 2. The molecule has 4 heterocycles. The highest BCUT2D eigenvalue weighted by atomic mass is 19.1. The molecule has 13 heteroatoms. The molecule has 0 aliphatic carbocycles. The van der Waals surface area contributed by atoms with Gasteiger partial charge in [0.05, 0.1) is 36.2 Å². The fourth-order valence-corrected chi connectivity index (χ4v) is 6.84. The summed E-state index contributed by atoms with van der Waals surface area (Å²) in [6.07, 6.45) is -0.586. The van der Waals surface area contributed by atoms with Crippen LogP contribution in [-0.2, 0) is 9.53 Å². The van der Waals surface area contributed by atoms with Crippen LogP contribution in [0.1, 0.15) is 58.6 Å². The zero-order valence-electron chi connectivity index (χ0n) is 29.2. The number of methoxy groups -OCH3 is 1. The molecule has 0 N–H and O–H groups in total. The lowest BCUT2D eigenvalue weighted by Crippen LogP contribution is -2.66. The van der Waals surface area contributed by atoms with Crippen LogP contribution in [0.2, 0.25) is 0 Å². The fourth-order valence-electron chi connectivity index (χ4n) is 6.84. The number of hydrogen-bond donors (Lipinski definition) is 0. The Kier molecular flexibility index (Phi) is 8.54. The van der Waals surface area contributed by atoms with E-state index in [0.29, 0.717) is 5.56 Å². The summed E-state index contributed by atoms with van der Waals surface area (Å²) in [6, 6.07) is 11.0. The number of carbonyl (C=O) groups excluding carboxylic acids is 2. The van der Waals surface area contributed by atoms with E-state index in [1.807, 2.05) is 13.8 Å². The van der Waals surface area contributed by atoms with Crippen LogP contribution in [0.25, 0.3) is 28.0 Å². The standard InChI is InChI=1S/C37H38F2N6O5/c1-19(2)22-12-9-11-21(16-40)30(22)45-33-23(15-25(39)29(41-33)28-24(38)13-10-14-27(28)49-8)31-32(35(45)47)42(7)34(46)26-18-43(20(3)17-44(26)31)36(48)50-37(4,5)6/h9-15,19-20,26H,17-18H2,1-8H3. The Labute approximate surface area is 288 Å². The number of halogens is 2. The van der Waals surface area contributed by atoms with Gasteiger partial charge in [-0.3, -0.25) is 14.2 Å². The van der Waals surface area contributed by atoms with Gasteiger partial charge in [-0.2, -0.15) is 5.26 Å². The number of fused-ring (bicyclic) bond motifs is 5. The smallest absolute Gasteiger partial charge is 0.410 e.